The average Bonchev–Trinajstić information content (AvgIpc) is 2.34. The maximum atomic E-state index is 12.1. The van der Waals surface area contributed by atoms with Gasteiger partial charge in [-0.2, -0.15) is 0 Å². The van der Waals surface area contributed by atoms with Gasteiger partial charge < -0.3 is 9.84 Å². The van der Waals surface area contributed by atoms with Crippen molar-refractivity contribution in [3.05, 3.63) is 34.9 Å². The number of aliphatic carboxylic acids is 1. The molecule has 0 fully saturated rings. The summed E-state index contributed by atoms with van der Waals surface area (Å²) in [5.41, 5.74) is 1.45. The molecule has 0 spiro atoms. The summed E-state index contributed by atoms with van der Waals surface area (Å²) in [6.07, 6.45) is 0.355. The molecule has 0 radical (unpaired) electrons. The van der Waals surface area contributed by atoms with Crippen LogP contribution < -0.4 is 0 Å². The molecule has 0 aliphatic heterocycles. The Morgan fingerprint density at radius 1 is 1.15 bits per heavy atom. The predicted octanol–water partition coefficient (Wildman–Crippen LogP) is 2.89. The first-order chi connectivity index (χ1) is 9.35. The molecule has 0 aliphatic carbocycles. The Morgan fingerprint density at radius 3 is 2.10 bits per heavy atom. The van der Waals surface area contributed by atoms with Gasteiger partial charge in [0, 0.05) is 0 Å². The van der Waals surface area contributed by atoms with E-state index < -0.39 is 17.4 Å². The number of carbonyl (C=O) groups excluding carboxylic acids is 1. The minimum Gasteiger partial charge on any atom is -0.480 e. The van der Waals surface area contributed by atoms with Crippen molar-refractivity contribution in [2.24, 2.45) is 5.41 Å². The molecule has 1 unspecified atom stereocenters. The van der Waals surface area contributed by atoms with Crippen molar-refractivity contribution >= 4 is 11.9 Å². The van der Waals surface area contributed by atoms with Crippen molar-refractivity contribution in [2.75, 3.05) is 6.61 Å². The lowest BCUT2D eigenvalue weighted by Crippen LogP contribution is -2.42. The molecule has 0 saturated heterocycles. The third-order valence-electron chi connectivity index (χ3n) is 3.47. The molecule has 110 valence electrons. The number of hydrogen-bond donors (Lipinski definition) is 1. The van der Waals surface area contributed by atoms with Crippen molar-refractivity contribution in [3.63, 3.8) is 0 Å². The molecule has 0 amide bonds. The molecule has 0 aliphatic rings. The fraction of sp³-hybridized carbons (Fsp3) is 0.500. The van der Waals surface area contributed by atoms with Gasteiger partial charge in [0.25, 0.3) is 0 Å². The zero-order valence-corrected chi connectivity index (χ0v) is 12.5. The number of carboxylic acid groups (broad SMARTS) is 1. The van der Waals surface area contributed by atoms with Gasteiger partial charge in [-0.15, -0.1) is 0 Å². The van der Waals surface area contributed by atoms with Crippen molar-refractivity contribution in [1.82, 2.24) is 0 Å². The van der Waals surface area contributed by atoms with Crippen LogP contribution in [0, 0.1) is 19.3 Å². The number of ether oxygens (including phenoxy) is 1. The van der Waals surface area contributed by atoms with E-state index in [1.54, 1.807) is 13.8 Å². The van der Waals surface area contributed by atoms with Crippen LogP contribution in [0.3, 0.4) is 0 Å². The Morgan fingerprint density at radius 2 is 1.70 bits per heavy atom. The molecule has 20 heavy (non-hydrogen) atoms. The van der Waals surface area contributed by atoms with Crippen LogP contribution in [0.5, 0.6) is 0 Å². The van der Waals surface area contributed by atoms with Gasteiger partial charge in [0.1, 0.15) is 0 Å². The lowest BCUT2D eigenvalue weighted by atomic mass is 9.78. The first-order valence-electron chi connectivity index (χ1n) is 6.83. The first kappa shape index (κ1) is 16.2. The van der Waals surface area contributed by atoms with Gasteiger partial charge >= 0.3 is 11.9 Å². The molecule has 0 bridgehead atoms. The van der Waals surface area contributed by atoms with Crippen LogP contribution in [0.1, 0.15) is 37.0 Å². The van der Waals surface area contributed by atoms with Crippen molar-refractivity contribution in [3.8, 4) is 0 Å². The Kier molecular flexibility index (Phi) is 5.31. The molecule has 4 nitrogen and oxygen atoms in total. The van der Waals surface area contributed by atoms with E-state index in [-0.39, 0.29) is 19.4 Å². The number of esters is 1. The molecule has 4 heteroatoms. The SMILES string of the molecule is CCOC(=O)C(CC)(Cc1cc(C)cc(C)c1)C(=O)O. The zero-order valence-electron chi connectivity index (χ0n) is 12.5. The summed E-state index contributed by atoms with van der Waals surface area (Å²) in [4.78, 5) is 23.8. The third kappa shape index (κ3) is 3.38. The molecule has 1 rings (SSSR count). The van der Waals surface area contributed by atoms with E-state index in [1.165, 1.54) is 0 Å². The lowest BCUT2D eigenvalue weighted by Gasteiger charge is -2.26. The summed E-state index contributed by atoms with van der Waals surface area (Å²) >= 11 is 0. The van der Waals surface area contributed by atoms with Gasteiger partial charge in [0.05, 0.1) is 6.61 Å². The van der Waals surface area contributed by atoms with Crippen LogP contribution in [0.2, 0.25) is 0 Å². The van der Waals surface area contributed by atoms with E-state index in [9.17, 15) is 14.7 Å². The fourth-order valence-corrected chi connectivity index (χ4v) is 2.44. The first-order valence-corrected chi connectivity index (χ1v) is 6.83. The quantitative estimate of drug-likeness (QED) is 0.642. The van der Waals surface area contributed by atoms with Gasteiger partial charge in [0.15, 0.2) is 5.41 Å². The van der Waals surface area contributed by atoms with E-state index in [1.807, 2.05) is 32.0 Å². The highest BCUT2D eigenvalue weighted by molar-refractivity contribution is 5.99. The smallest absolute Gasteiger partial charge is 0.323 e. The number of benzene rings is 1. The van der Waals surface area contributed by atoms with Crippen LogP contribution in [0.4, 0.5) is 0 Å². The summed E-state index contributed by atoms with van der Waals surface area (Å²) in [5.74, 6) is -1.79. The Balaban J connectivity index is 3.18. The lowest BCUT2D eigenvalue weighted by molar-refractivity contribution is -0.168. The standard InChI is InChI=1S/C16H22O4/c1-5-16(14(17)18,15(19)20-6-2)10-13-8-11(3)7-12(4)9-13/h7-9H,5-6,10H2,1-4H3,(H,17,18). The molecule has 1 aromatic carbocycles. The van der Waals surface area contributed by atoms with Gasteiger partial charge in [0.2, 0.25) is 0 Å². The maximum Gasteiger partial charge on any atom is 0.323 e. The second-order valence-electron chi connectivity index (χ2n) is 5.13. The topological polar surface area (TPSA) is 63.6 Å². The molecule has 0 heterocycles. The second-order valence-corrected chi connectivity index (χ2v) is 5.13. The van der Waals surface area contributed by atoms with Crippen LogP contribution in [0.15, 0.2) is 18.2 Å². The number of carboxylic acids is 1. The van der Waals surface area contributed by atoms with Crippen LogP contribution in [-0.4, -0.2) is 23.7 Å². The summed E-state index contributed by atoms with van der Waals surface area (Å²) in [6.45, 7) is 7.47. The van der Waals surface area contributed by atoms with Crippen molar-refractivity contribution in [1.29, 1.82) is 0 Å². The van der Waals surface area contributed by atoms with Crippen LogP contribution >= 0.6 is 0 Å². The van der Waals surface area contributed by atoms with E-state index in [2.05, 4.69) is 0 Å². The van der Waals surface area contributed by atoms with E-state index >= 15 is 0 Å². The number of aryl methyl sites for hydroxylation is 2. The van der Waals surface area contributed by atoms with Crippen LogP contribution in [0.25, 0.3) is 0 Å². The van der Waals surface area contributed by atoms with Gasteiger partial charge in [-0.1, -0.05) is 36.2 Å². The number of carbonyl (C=O) groups is 2. The Hall–Kier alpha value is -1.84. The molecule has 1 atom stereocenters. The summed E-state index contributed by atoms with van der Waals surface area (Å²) in [7, 11) is 0. The van der Waals surface area contributed by atoms with Crippen molar-refractivity contribution in [2.45, 2.75) is 40.5 Å². The van der Waals surface area contributed by atoms with Crippen molar-refractivity contribution < 1.29 is 19.4 Å². The molecule has 1 N–H and O–H groups in total. The summed E-state index contributed by atoms with van der Waals surface area (Å²) in [5, 5.41) is 9.52. The third-order valence-corrected chi connectivity index (χ3v) is 3.47. The van der Waals surface area contributed by atoms with Gasteiger partial charge in [-0.05, 0) is 39.2 Å². The highest BCUT2D eigenvalue weighted by Crippen LogP contribution is 2.30. The summed E-state index contributed by atoms with van der Waals surface area (Å²) < 4.78 is 4.97. The molecule has 0 aromatic heterocycles. The van der Waals surface area contributed by atoms with Crippen LogP contribution in [-0.2, 0) is 20.7 Å². The Labute approximate surface area is 119 Å². The Bertz CT molecular complexity index is 487. The minimum absolute atomic E-state index is 0.153. The normalized spacial score (nSPS) is 13.6. The minimum atomic E-state index is -1.50. The van der Waals surface area contributed by atoms with Gasteiger partial charge in [-0.3, -0.25) is 9.59 Å². The summed E-state index contributed by atoms with van der Waals surface area (Å²) in [6, 6.07) is 5.85. The number of hydrogen-bond acceptors (Lipinski definition) is 3. The monoisotopic (exact) mass is 278 g/mol. The van der Waals surface area contributed by atoms with E-state index in [4.69, 9.17) is 4.74 Å². The zero-order chi connectivity index (χ0) is 15.3. The molecule has 0 saturated carbocycles. The highest BCUT2D eigenvalue weighted by Gasteiger charge is 2.46. The molecular formula is C16H22O4. The van der Waals surface area contributed by atoms with E-state index in [0.717, 1.165) is 16.7 Å². The highest BCUT2D eigenvalue weighted by atomic mass is 16.5. The van der Waals surface area contributed by atoms with Gasteiger partial charge in [-0.25, -0.2) is 0 Å². The second kappa shape index (κ2) is 6.55. The van der Waals surface area contributed by atoms with E-state index in [0.29, 0.717) is 0 Å². The molecule has 1 aromatic rings. The maximum absolute atomic E-state index is 12.1. The molecular weight excluding hydrogens is 256 g/mol. The predicted molar refractivity (Wildman–Crippen MR) is 76.6 cm³/mol. The largest absolute Gasteiger partial charge is 0.480 e. The number of rotatable bonds is 6. The fourth-order valence-electron chi connectivity index (χ4n) is 2.44. The average molecular weight is 278 g/mol.